The fraction of sp³-hybridized carbons (Fsp3) is 0.286. The maximum absolute atomic E-state index is 14.4. The van der Waals surface area contributed by atoms with Crippen molar-refractivity contribution in [1.82, 2.24) is 9.88 Å². The van der Waals surface area contributed by atoms with E-state index >= 15 is 0 Å². The lowest BCUT2D eigenvalue weighted by molar-refractivity contribution is 0.0750. The maximum Gasteiger partial charge on any atom is 0.265 e. The number of thiophene rings is 1. The van der Waals surface area contributed by atoms with Crippen LogP contribution < -0.4 is 4.90 Å². The molecule has 1 amide bonds. The van der Waals surface area contributed by atoms with Crippen LogP contribution in [-0.2, 0) is 0 Å². The summed E-state index contributed by atoms with van der Waals surface area (Å²) in [5, 5.41) is 0.791. The predicted molar refractivity (Wildman–Crippen MR) is 120 cm³/mol. The van der Waals surface area contributed by atoms with Crippen LogP contribution in [0.4, 0.5) is 10.1 Å². The summed E-state index contributed by atoms with van der Waals surface area (Å²) in [6, 6.07) is 8.27. The molecule has 9 heteroatoms. The number of anilines is 1. The number of carbonyl (C=O) groups is 2. The molecule has 30 heavy (non-hydrogen) atoms. The molecular formula is C21H19ClFN3O2S2. The molecule has 0 spiro atoms. The molecule has 0 atom stereocenters. The molecule has 156 valence electrons. The summed E-state index contributed by atoms with van der Waals surface area (Å²) in [7, 11) is 0. The Hall–Kier alpha value is -2.29. The van der Waals surface area contributed by atoms with E-state index in [2.05, 4.69) is 4.98 Å². The van der Waals surface area contributed by atoms with Gasteiger partial charge < -0.3 is 9.80 Å². The minimum Gasteiger partial charge on any atom is -0.366 e. The van der Waals surface area contributed by atoms with E-state index in [0.717, 1.165) is 9.88 Å². The van der Waals surface area contributed by atoms with Gasteiger partial charge in [-0.05, 0) is 44.2 Å². The van der Waals surface area contributed by atoms with Crippen LogP contribution in [0.15, 0.2) is 30.3 Å². The van der Waals surface area contributed by atoms with Gasteiger partial charge in [-0.1, -0.05) is 11.6 Å². The van der Waals surface area contributed by atoms with Crippen LogP contribution >= 0.6 is 34.3 Å². The fourth-order valence-electron chi connectivity index (χ4n) is 3.41. The van der Waals surface area contributed by atoms with Crippen molar-refractivity contribution >= 4 is 51.7 Å². The van der Waals surface area contributed by atoms with Crippen molar-refractivity contribution in [2.24, 2.45) is 0 Å². The summed E-state index contributed by atoms with van der Waals surface area (Å²) in [5.41, 5.74) is 1.52. The summed E-state index contributed by atoms with van der Waals surface area (Å²) in [5.74, 6) is -0.633. The number of nitrogens with zero attached hydrogens (tertiary/aromatic N) is 3. The second kappa shape index (κ2) is 8.45. The van der Waals surface area contributed by atoms with Gasteiger partial charge in [0.05, 0.1) is 20.6 Å². The van der Waals surface area contributed by atoms with Crippen LogP contribution in [0, 0.1) is 12.7 Å². The highest BCUT2D eigenvalue weighted by atomic mass is 35.5. The van der Waals surface area contributed by atoms with Gasteiger partial charge in [-0.15, -0.1) is 22.7 Å². The molecule has 0 N–H and O–H groups in total. The average molecular weight is 464 g/mol. The number of aryl methyl sites for hydroxylation is 1. The molecule has 1 aromatic carbocycles. The summed E-state index contributed by atoms with van der Waals surface area (Å²) < 4.78 is 15.1. The zero-order valence-electron chi connectivity index (χ0n) is 16.4. The molecular weight excluding hydrogens is 445 g/mol. The van der Waals surface area contributed by atoms with Crippen LogP contribution in [0.1, 0.15) is 32.6 Å². The molecule has 0 aliphatic carbocycles. The molecule has 1 aliphatic rings. The van der Waals surface area contributed by atoms with E-state index in [1.807, 2.05) is 24.0 Å². The minimum atomic E-state index is -0.417. The van der Waals surface area contributed by atoms with Gasteiger partial charge in [0.15, 0.2) is 5.78 Å². The van der Waals surface area contributed by atoms with E-state index in [9.17, 15) is 14.0 Å². The molecule has 1 aliphatic heterocycles. The van der Waals surface area contributed by atoms with Gasteiger partial charge in [0.2, 0.25) is 0 Å². The van der Waals surface area contributed by atoms with Crippen LogP contribution in [0.3, 0.4) is 0 Å². The van der Waals surface area contributed by atoms with Gasteiger partial charge >= 0.3 is 0 Å². The SMILES string of the molecule is CC(=O)c1ccc(N2CCN(C(=O)c3sc(-c4ccc(Cl)s4)nc3C)CC2)c(F)c1. The second-order valence-corrected chi connectivity index (χ2v) is 9.75. The average Bonchev–Trinajstić information content (AvgIpc) is 3.33. The number of hydrogen-bond acceptors (Lipinski definition) is 6. The minimum absolute atomic E-state index is 0.0500. The third-order valence-electron chi connectivity index (χ3n) is 5.04. The van der Waals surface area contributed by atoms with Crippen molar-refractivity contribution in [1.29, 1.82) is 0 Å². The van der Waals surface area contributed by atoms with Crippen LogP contribution in [0.25, 0.3) is 9.88 Å². The van der Waals surface area contributed by atoms with Crippen molar-refractivity contribution in [3.8, 4) is 9.88 Å². The fourth-order valence-corrected chi connectivity index (χ4v) is 5.54. The summed E-state index contributed by atoms with van der Waals surface area (Å²) in [6.45, 7) is 5.28. The number of halogens is 2. The van der Waals surface area contributed by atoms with Gasteiger partial charge in [-0.25, -0.2) is 9.37 Å². The smallest absolute Gasteiger partial charge is 0.265 e. The number of hydrogen-bond donors (Lipinski definition) is 0. The Morgan fingerprint density at radius 3 is 2.43 bits per heavy atom. The highest BCUT2D eigenvalue weighted by Crippen LogP contribution is 2.35. The zero-order chi connectivity index (χ0) is 21.4. The Balaban J connectivity index is 1.45. The van der Waals surface area contributed by atoms with Gasteiger partial charge in [0.1, 0.15) is 15.7 Å². The monoisotopic (exact) mass is 463 g/mol. The Morgan fingerprint density at radius 1 is 1.10 bits per heavy atom. The van der Waals surface area contributed by atoms with Gasteiger partial charge in [0.25, 0.3) is 5.91 Å². The lowest BCUT2D eigenvalue weighted by Crippen LogP contribution is -2.49. The van der Waals surface area contributed by atoms with Gasteiger partial charge in [-0.2, -0.15) is 0 Å². The topological polar surface area (TPSA) is 53.5 Å². The standard InChI is InChI=1S/C21H19ClFN3O2S2/c1-12-19(30-20(24-12)17-5-6-18(22)29-17)21(28)26-9-7-25(8-10-26)16-4-3-14(13(2)27)11-15(16)23/h3-6,11H,7-10H2,1-2H3. The molecule has 5 nitrogen and oxygen atoms in total. The highest BCUT2D eigenvalue weighted by Gasteiger charge is 2.27. The van der Waals surface area contributed by atoms with E-state index < -0.39 is 5.82 Å². The van der Waals surface area contributed by atoms with E-state index in [0.29, 0.717) is 52.3 Å². The Kier molecular flexibility index (Phi) is 5.90. The lowest BCUT2D eigenvalue weighted by Gasteiger charge is -2.36. The molecule has 0 unspecified atom stereocenters. The molecule has 4 rings (SSSR count). The molecule has 1 saturated heterocycles. The Bertz CT molecular complexity index is 1120. The van der Waals surface area contributed by atoms with E-state index in [-0.39, 0.29) is 11.7 Å². The first kappa shape index (κ1) is 21.0. The molecule has 0 saturated carbocycles. The normalized spacial score (nSPS) is 14.3. The van der Waals surface area contributed by atoms with Crippen LogP contribution in [0.2, 0.25) is 4.34 Å². The lowest BCUT2D eigenvalue weighted by atomic mass is 10.1. The highest BCUT2D eigenvalue weighted by molar-refractivity contribution is 7.24. The first-order valence-electron chi connectivity index (χ1n) is 9.41. The van der Waals surface area contributed by atoms with E-state index in [1.165, 1.54) is 35.7 Å². The number of ketones is 1. The Labute approximate surface area is 186 Å². The molecule has 0 bridgehead atoms. The molecule has 2 aromatic heterocycles. The number of thiazole rings is 1. The number of amides is 1. The largest absolute Gasteiger partial charge is 0.366 e. The van der Waals surface area contributed by atoms with E-state index in [1.54, 1.807) is 17.0 Å². The molecule has 3 aromatic rings. The van der Waals surface area contributed by atoms with Crippen molar-refractivity contribution in [3.05, 3.63) is 56.6 Å². The summed E-state index contributed by atoms with van der Waals surface area (Å²) in [6.07, 6.45) is 0. The quantitative estimate of drug-likeness (QED) is 0.503. The third-order valence-corrected chi connectivity index (χ3v) is 7.58. The number of carbonyl (C=O) groups excluding carboxylic acids is 2. The summed E-state index contributed by atoms with van der Waals surface area (Å²) in [4.78, 5) is 34.3. The molecule has 0 radical (unpaired) electrons. The first-order valence-corrected chi connectivity index (χ1v) is 11.4. The van der Waals surface area contributed by atoms with Gasteiger partial charge in [0, 0.05) is 31.7 Å². The van der Waals surface area contributed by atoms with Crippen molar-refractivity contribution in [2.75, 3.05) is 31.1 Å². The maximum atomic E-state index is 14.4. The number of rotatable bonds is 4. The van der Waals surface area contributed by atoms with Crippen LogP contribution in [-0.4, -0.2) is 47.8 Å². The number of aromatic nitrogens is 1. The Morgan fingerprint density at radius 2 is 1.83 bits per heavy atom. The predicted octanol–water partition coefficient (Wildman–Crippen LogP) is 5.14. The third kappa shape index (κ3) is 4.12. The number of piperazine rings is 1. The number of Topliss-reactive ketones (excluding diaryl/α,β-unsaturated/α-hetero) is 1. The van der Waals surface area contributed by atoms with Crippen molar-refractivity contribution < 1.29 is 14.0 Å². The zero-order valence-corrected chi connectivity index (χ0v) is 18.8. The van der Waals surface area contributed by atoms with E-state index in [4.69, 9.17) is 11.6 Å². The summed E-state index contributed by atoms with van der Waals surface area (Å²) >= 11 is 8.83. The van der Waals surface area contributed by atoms with Crippen LogP contribution in [0.5, 0.6) is 0 Å². The van der Waals surface area contributed by atoms with Crippen molar-refractivity contribution in [3.63, 3.8) is 0 Å². The molecule has 1 fully saturated rings. The first-order chi connectivity index (χ1) is 14.3. The second-order valence-electron chi connectivity index (χ2n) is 7.04. The molecule has 3 heterocycles. The van der Waals surface area contributed by atoms with Gasteiger partial charge in [-0.3, -0.25) is 9.59 Å². The van der Waals surface area contributed by atoms with Crippen molar-refractivity contribution in [2.45, 2.75) is 13.8 Å². The number of benzene rings is 1.